The maximum atomic E-state index is 12.2. The third-order valence-electron chi connectivity index (χ3n) is 2.51. The summed E-state index contributed by atoms with van der Waals surface area (Å²) < 4.78 is 32.3. The third kappa shape index (κ3) is 3.02. The molecule has 1 aromatic carbocycles. The molecule has 0 saturated heterocycles. The third-order valence-corrected chi connectivity index (χ3v) is 4.51. The average Bonchev–Trinajstić information content (AvgIpc) is 2.41. The summed E-state index contributed by atoms with van der Waals surface area (Å²) in [7, 11) is -2.28. The van der Waals surface area contributed by atoms with E-state index in [1.54, 1.807) is 18.3 Å². The molecule has 1 heterocycles. The molecule has 6 nitrogen and oxygen atoms in total. The Morgan fingerprint density at radius 2 is 2.10 bits per heavy atom. The molecular formula is C12H12BrN3O3S. The molecule has 0 aliphatic heterocycles. The number of ether oxygens (including phenoxy) is 1. The molecule has 8 heteroatoms. The first kappa shape index (κ1) is 14.6. The second-order valence-corrected chi connectivity index (χ2v) is 6.28. The Hall–Kier alpha value is -1.80. The van der Waals surface area contributed by atoms with Crippen molar-refractivity contribution in [1.82, 2.24) is 4.98 Å². The molecule has 1 aromatic heterocycles. The largest absolute Gasteiger partial charge is 0.495 e. The first-order valence-electron chi connectivity index (χ1n) is 5.51. The predicted octanol–water partition coefficient (Wildman–Crippen LogP) is 2.24. The van der Waals surface area contributed by atoms with Gasteiger partial charge in [-0.1, -0.05) is 0 Å². The lowest BCUT2D eigenvalue weighted by Gasteiger charge is -2.11. The Morgan fingerprint density at radius 3 is 2.70 bits per heavy atom. The molecule has 106 valence electrons. The zero-order valence-corrected chi connectivity index (χ0v) is 12.9. The average molecular weight is 358 g/mol. The number of hydrogen-bond acceptors (Lipinski definition) is 5. The van der Waals surface area contributed by atoms with Crippen molar-refractivity contribution in [2.75, 3.05) is 17.6 Å². The number of nitrogens with one attached hydrogen (secondary N) is 1. The second-order valence-electron chi connectivity index (χ2n) is 3.85. The van der Waals surface area contributed by atoms with E-state index >= 15 is 0 Å². The molecule has 0 saturated carbocycles. The number of hydrogen-bond donors (Lipinski definition) is 2. The summed E-state index contributed by atoms with van der Waals surface area (Å²) in [6, 6.07) is 7.49. The van der Waals surface area contributed by atoms with E-state index in [-0.39, 0.29) is 10.6 Å². The van der Waals surface area contributed by atoms with Gasteiger partial charge in [0.25, 0.3) is 10.0 Å². The number of nitrogens with two attached hydrogens (primary N) is 1. The van der Waals surface area contributed by atoms with E-state index in [4.69, 9.17) is 10.5 Å². The predicted molar refractivity (Wildman–Crippen MR) is 80.2 cm³/mol. The number of sulfonamides is 1. The van der Waals surface area contributed by atoms with Crippen LogP contribution in [0.15, 0.2) is 46.0 Å². The molecule has 2 aromatic rings. The Morgan fingerprint density at radius 1 is 1.35 bits per heavy atom. The second kappa shape index (κ2) is 5.68. The van der Waals surface area contributed by atoms with E-state index in [0.717, 1.165) is 0 Å². The van der Waals surface area contributed by atoms with Crippen molar-refractivity contribution in [2.24, 2.45) is 0 Å². The monoisotopic (exact) mass is 357 g/mol. The Labute approximate surface area is 125 Å². The normalized spacial score (nSPS) is 11.1. The van der Waals surface area contributed by atoms with Gasteiger partial charge in [0, 0.05) is 6.20 Å². The minimum Gasteiger partial charge on any atom is -0.495 e. The van der Waals surface area contributed by atoms with Crippen molar-refractivity contribution in [1.29, 1.82) is 0 Å². The fourth-order valence-electron chi connectivity index (χ4n) is 1.55. The molecule has 0 aliphatic carbocycles. The van der Waals surface area contributed by atoms with Crippen molar-refractivity contribution in [3.05, 3.63) is 41.1 Å². The van der Waals surface area contributed by atoms with Crippen LogP contribution >= 0.6 is 15.9 Å². The van der Waals surface area contributed by atoms with Gasteiger partial charge in [-0.05, 0) is 46.3 Å². The maximum absolute atomic E-state index is 12.2. The van der Waals surface area contributed by atoms with E-state index in [1.165, 1.54) is 25.3 Å². The SMILES string of the molecule is COc1ccc(S(=O)(=O)Nc2cccnc2Br)cc1N. The van der Waals surface area contributed by atoms with Crippen molar-refractivity contribution in [2.45, 2.75) is 4.90 Å². The van der Waals surface area contributed by atoms with Crippen LogP contribution in [0.5, 0.6) is 5.75 Å². The van der Waals surface area contributed by atoms with Gasteiger partial charge in [-0.15, -0.1) is 0 Å². The Bertz CT molecular complexity index is 734. The van der Waals surface area contributed by atoms with Crippen LogP contribution in [0.25, 0.3) is 0 Å². The fraction of sp³-hybridized carbons (Fsp3) is 0.0833. The number of anilines is 2. The summed E-state index contributed by atoms with van der Waals surface area (Å²) >= 11 is 3.18. The van der Waals surface area contributed by atoms with Crippen LogP contribution in [-0.4, -0.2) is 20.5 Å². The number of nitrogens with zero attached hydrogens (tertiary/aromatic N) is 1. The molecule has 0 atom stereocenters. The molecule has 0 unspecified atom stereocenters. The number of pyridine rings is 1. The van der Waals surface area contributed by atoms with Crippen LogP contribution in [0.3, 0.4) is 0 Å². The summed E-state index contributed by atoms with van der Waals surface area (Å²) in [5.74, 6) is 0.423. The van der Waals surface area contributed by atoms with Crippen LogP contribution in [-0.2, 0) is 10.0 Å². The lowest BCUT2D eigenvalue weighted by molar-refractivity contribution is 0.416. The highest BCUT2D eigenvalue weighted by Gasteiger charge is 2.17. The van der Waals surface area contributed by atoms with Crippen LogP contribution in [0.1, 0.15) is 0 Å². The number of benzene rings is 1. The molecule has 0 bridgehead atoms. The number of nitrogen functional groups attached to an aromatic ring is 1. The summed E-state index contributed by atoms with van der Waals surface area (Å²) in [5, 5.41) is 0. The van der Waals surface area contributed by atoms with Crippen molar-refractivity contribution in [3.8, 4) is 5.75 Å². The molecule has 0 radical (unpaired) electrons. The fourth-order valence-corrected chi connectivity index (χ4v) is 3.13. The van der Waals surface area contributed by atoms with Gasteiger partial charge in [-0.2, -0.15) is 0 Å². The number of aromatic nitrogens is 1. The van der Waals surface area contributed by atoms with E-state index in [9.17, 15) is 8.42 Å². The standard InChI is InChI=1S/C12H12BrN3O3S/c1-19-11-5-4-8(7-9(11)14)20(17,18)16-10-3-2-6-15-12(10)13/h2-7,16H,14H2,1H3. The lowest BCUT2D eigenvalue weighted by atomic mass is 10.3. The first-order chi connectivity index (χ1) is 9.44. The Kier molecular flexibility index (Phi) is 4.15. The van der Waals surface area contributed by atoms with Gasteiger partial charge in [0.15, 0.2) is 0 Å². The van der Waals surface area contributed by atoms with E-state index in [1.807, 2.05) is 0 Å². The first-order valence-corrected chi connectivity index (χ1v) is 7.78. The zero-order valence-electron chi connectivity index (χ0n) is 10.5. The molecule has 2 rings (SSSR count). The van der Waals surface area contributed by atoms with Crippen LogP contribution in [0, 0.1) is 0 Å². The molecule has 0 amide bonds. The minimum atomic E-state index is -3.74. The topological polar surface area (TPSA) is 94.3 Å². The number of halogens is 1. The van der Waals surface area contributed by atoms with E-state index in [0.29, 0.717) is 16.0 Å². The van der Waals surface area contributed by atoms with Gasteiger partial charge in [0.1, 0.15) is 10.4 Å². The maximum Gasteiger partial charge on any atom is 0.262 e. The minimum absolute atomic E-state index is 0.0477. The van der Waals surface area contributed by atoms with Crippen molar-refractivity contribution in [3.63, 3.8) is 0 Å². The van der Waals surface area contributed by atoms with Crippen molar-refractivity contribution < 1.29 is 13.2 Å². The molecule has 0 fully saturated rings. The highest BCUT2D eigenvalue weighted by molar-refractivity contribution is 9.10. The quantitative estimate of drug-likeness (QED) is 0.646. The molecule has 20 heavy (non-hydrogen) atoms. The highest BCUT2D eigenvalue weighted by atomic mass is 79.9. The van der Waals surface area contributed by atoms with Crippen LogP contribution in [0.4, 0.5) is 11.4 Å². The van der Waals surface area contributed by atoms with E-state index < -0.39 is 10.0 Å². The van der Waals surface area contributed by atoms with Crippen molar-refractivity contribution >= 4 is 37.3 Å². The Balaban J connectivity index is 2.36. The van der Waals surface area contributed by atoms with Gasteiger partial charge in [0.2, 0.25) is 0 Å². The summed E-state index contributed by atoms with van der Waals surface area (Å²) in [4.78, 5) is 3.99. The molecular weight excluding hydrogens is 346 g/mol. The van der Waals surface area contributed by atoms with Crippen LogP contribution in [0.2, 0.25) is 0 Å². The lowest BCUT2D eigenvalue weighted by Crippen LogP contribution is -2.14. The highest BCUT2D eigenvalue weighted by Crippen LogP contribution is 2.27. The van der Waals surface area contributed by atoms with Gasteiger partial charge in [0.05, 0.1) is 23.4 Å². The van der Waals surface area contributed by atoms with Gasteiger partial charge < -0.3 is 10.5 Å². The summed E-state index contributed by atoms with van der Waals surface area (Å²) in [6.07, 6.45) is 1.55. The smallest absolute Gasteiger partial charge is 0.262 e. The molecule has 0 aliphatic rings. The summed E-state index contributed by atoms with van der Waals surface area (Å²) in [5.41, 5.74) is 6.31. The summed E-state index contributed by atoms with van der Waals surface area (Å²) in [6.45, 7) is 0. The van der Waals surface area contributed by atoms with Crippen LogP contribution < -0.4 is 15.2 Å². The van der Waals surface area contributed by atoms with E-state index in [2.05, 4.69) is 25.6 Å². The van der Waals surface area contributed by atoms with Gasteiger partial charge in [-0.3, -0.25) is 4.72 Å². The molecule has 0 spiro atoms. The number of methoxy groups -OCH3 is 1. The van der Waals surface area contributed by atoms with Gasteiger partial charge in [-0.25, -0.2) is 13.4 Å². The number of rotatable bonds is 4. The van der Waals surface area contributed by atoms with Gasteiger partial charge >= 0.3 is 0 Å². The zero-order chi connectivity index (χ0) is 14.8. The molecule has 3 N–H and O–H groups in total.